The maximum Gasteiger partial charge on any atom is 0.274 e. The van der Waals surface area contributed by atoms with Gasteiger partial charge in [-0.2, -0.15) is 5.10 Å². The van der Waals surface area contributed by atoms with Crippen molar-refractivity contribution in [2.45, 2.75) is 51.5 Å². The van der Waals surface area contributed by atoms with E-state index in [1.807, 2.05) is 16.9 Å². The van der Waals surface area contributed by atoms with E-state index in [1.165, 1.54) is 0 Å². The first-order chi connectivity index (χ1) is 12.7. The van der Waals surface area contributed by atoms with E-state index in [0.717, 1.165) is 58.2 Å². The Morgan fingerprint density at radius 2 is 2.23 bits per heavy atom. The lowest BCUT2D eigenvalue weighted by molar-refractivity contribution is -0.126. The largest absolute Gasteiger partial charge is 0.356 e. The molecule has 1 aromatic heterocycles. The number of amides is 2. The van der Waals surface area contributed by atoms with Gasteiger partial charge in [-0.05, 0) is 44.7 Å². The molecule has 2 aliphatic heterocycles. The molecule has 0 spiro atoms. The Morgan fingerprint density at radius 1 is 1.35 bits per heavy atom. The molecule has 2 saturated heterocycles. The molecule has 3 rings (SSSR count). The molecule has 0 saturated carbocycles. The van der Waals surface area contributed by atoms with Crippen LogP contribution in [0.15, 0.2) is 12.3 Å². The highest BCUT2D eigenvalue weighted by Crippen LogP contribution is 2.20. The molecular weight excluding hydrogens is 330 g/mol. The van der Waals surface area contributed by atoms with Crippen LogP contribution in [0.4, 0.5) is 0 Å². The van der Waals surface area contributed by atoms with Crippen LogP contribution in [0.1, 0.15) is 62.0 Å². The number of nitrogens with zero attached hydrogens (tertiary/aromatic N) is 3. The Hall–Kier alpha value is -1.89. The summed E-state index contributed by atoms with van der Waals surface area (Å²) in [5, 5.41) is 10.9. The monoisotopic (exact) mass is 361 g/mol. The quantitative estimate of drug-likeness (QED) is 0.754. The lowest BCUT2D eigenvalue weighted by Gasteiger charge is -2.31. The molecular formula is C19H31N5O2. The molecule has 2 N–H and O–H groups in total. The third-order valence-corrected chi connectivity index (χ3v) is 5.38. The molecule has 0 aromatic carbocycles. The van der Waals surface area contributed by atoms with Crippen LogP contribution in [0, 0.1) is 5.92 Å². The van der Waals surface area contributed by atoms with Crippen LogP contribution in [-0.4, -0.2) is 59.2 Å². The second kappa shape index (κ2) is 9.16. The number of carbonyl (C=O) groups is 2. The van der Waals surface area contributed by atoms with Gasteiger partial charge in [-0.15, -0.1) is 0 Å². The Kier molecular flexibility index (Phi) is 6.66. The van der Waals surface area contributed by atoms with Crippen LogP contribution in [0.3, 0.4) is 0 Å². The molecule has 2 unspecified atom stereocenters. The van der Waals surface area contributed by atoms with Crippen LogP contribution in [0.25, 0.3) is 0 Å². The summed E-state index contributed by atoms with van der Waals surface area (Å²) in [6, 6.07) is 2.13. The smallest absolute Gasteiger partial charge is 0.274 e. The van der Waals surface area contributed by atoms with Gasteiger partial charge in [0, 0.05) is 32.4 Å². The first kappa shape index (κ1) is 18.9. The van der Waals surface area contributed by atoms with Gasteiger partial charge in [0.25, 0.3) is 5.91 Å². The Morgan fingerprint density at radius 3 is 3.00 bits per heavy atom. The molecule has 7 nitrogen and oxygen atoms in total. The number of hydrogen-bond donors (Lipinski definition) is 2. The SMILES string of the molecule is CCCCNC(=O)C1CCCN(C(=O)c2ccn(C3CCCNC3)n2)C1. The van der Waals surface area contributed by atoms with E-state index in [0.29, 0.717) is 24.8 Å². The average Bonchev–Trinajstić information content (AvgIpc) is 3.18. The Labute approximate surface area is 155 Å². The molecule has 26 heavy (non-hydrogen) atoms. The number of rotatable bonds is 6. The summed E-state index contributed by atoms with van der Waals surface area (Å²) < 4.78 is 1.91. The number of carbonyl (C=O) groups excluding carboxylic acids is 2. The second-order valence-electron chi connectivity index (χ2n) is 7.42. The van der Waals surface area contributed by atoms with Gasteiger partial charge in [0.05, 0.1) is 12.0 Å². The van der Waals surface area contributed by atoms with Crippen molar-refractivity contribution in [3.8, 4) is 0 Å². The first-order valence-electron chi connectivity index (χ1n) is 10.0. The van der Waals surface area contributed by atoms with Crippen molar-refractivity contribution < 1.29 is 9.59 Å². The van der Waals surface area contributed by atoms with Crippen molar-refractivity contribution in [2.75, 3.05) is 32.7 Å². The van der Waals surface area contributed by atoms with E-state index in [4.69, 9.17) is 0 Å². The number of aromatic nitrogens is 2. The number of hydrogen-bond acceptors (Lipinski definition) is 4. The number of unbranched alkanes of at least 4 members (excludes halogenated alkanes) is 1. The lowest BCUT2D eigenvalue weighted by atomic mass is 9.97. The maximum absolute atomic E-state index is 12.8. The van der Waals surface area contributed by atoms with Crippen LogP contribution >= 0.6 is 0 Å². The molecule has 144 valence electrons. The fourth-order valence-corrected chi connectivity index (χ4v) is 3.78. The van der Waals surface area contributed by atoms with Gasteiger partial charge in [0.1, 0.15) is 5.69 Å². The fraction of sp³-hybridized carbons (Fsp3) is 0.737. The summed E-state index contributed by atoms with van der Waals surface area (Å²) in [5.74, 6) is -0.0810. The number of likely N-dealkylation sites (tertiary alicyclic amines) is 1. The minimum Gasteiger partial charge on any atom is -0.356 e. The Balaban J connectivity index is 1.57. The molecule has 2 aliphatic rings. The van der Waals surface area contributed by atoms with Crippen molar-refractivity contribution in [3.05, 3.63) is 18.0 Å². The van der Waals surface area contributed by atoms with Crippen molar-refractivity contribution in [1.82, 2.24) is 25.3 Å². The minimum atomic E-state index is -0.103. The van der Waals surface area contributed by atoms with Crippen molar-refractivity contribution in [1.29, 1.82) is 0 Å². The summed E-state index contributed by atoms with van der Waals surface area (Å²) in [6.45, 7) is 5.98. The molecule has 3 heterocycles. The van der Waals surface area contributed by atoms with Gasteiger partial charge in [0.2, 0.25) is 5.91 Å². The van der Waals surface area contributed by atoms with Crippen LogP contribution in [0.5, 0.6) is 0 Å². The van der Waals surface area contributed by atoms with E-state index in [-0.39, 0.29) is 17.7 Å². The molecule has 2 amide bonds. The second-order valence-corrected chi connectivity index (χ2v) is 7.42. The topological polar surface area (TPSA) is 79.3 Å². The number of piperidine rings is 2. The highest BCUT2D eigenvalue weighted by molar-refractivity contribution is 5.92. The molecule has 1 aromatic rings. The van der Waals surface area contributed by atoms with Gasteiger partial charge in [0.15, 0.2) is 0 Å². The van der Waals surface area contributed by atoms with Gasteiger partial charge >= 0.3 is 0 Å². The minimum absolute atomic E-state index is 0.0569. The third kappa shape index (κ3) is 4.63. The molecule has 0 radical (unpaired) electrons. The first-order valence-corrected chi connectivity index (χ1v) is 10.0. The normalized spacial score (nSPS) is 23.7. The summed E-state index contributed by atoms with van der Waals surface area (Å²) in [6.07, 6.45) is 7.91. The molecule has 2 atom stereocenters. The van der Waals surface area contributed by atoms with Gasteiger partial charge in [-0.25, -0.2) is 0 Å². The summed E-state index contributed by atoms with van der Waals surface area (Å²) in [5.41, 5.74) is 0.489. The summed E-state index contributed by atoms with van der Waals surface area (Å²) >= 11 is 0. The van der Waals surface area contributed by atoms with Crippen LogP contribution in [-0.2, 0) is 4.79 Å². The van der Waals surface area contributed by atoms with E-state index >= 15 is 0 Å². The highest BCUT2D eigenvalue weighted by atomic mass is 16.2. The third-order valence-electron chi connectivity index (χ3n) is 5.38. The summed E-state index contributed by atoms with van der Waals surface area (Å²) in [4.78, 5) is 26.9. The van der Waals surface area contributed by atoms with Crippen LogP contribution < -0.4 is 10.6 Å². The van der Waals surface area contributed by atoms with E-state index < -0.39 is 0 Å². The highest BCUT2D eigenvalue weighted by Gasteiger charge is 2.30. The van der Waals surface area contributed by atoms with Crippen molar-refractivity contribution in [2.24, 2.45) is 5.92 Å². The molecule has 0 bridgehead atoms. The van der Waals surface area contributed by atoms with Crippen LogP contribution in [0.2, 0.25) is 0 Å². The average molecular weight is 361 g/mol. The predicted octanol–water partition coefficient (Wildman–Crippen LogP) is 1.58. The van der Waals surface area contributed by atoms with E-state index in [2.05, 4.69) is 22.7 Å². The zero-order valence-electron chi connectivity index (χ0n) is 15.7. The fourth-order valence-electron chi connectivity index (χ4n) is 3.78. The van der Waals surface area contributed by atoms with Gasteiger partial charge in [-0.3, -0.25) is 14.3 Å². The zero-order valence-corrected chi connectivity index (χ0v) is 15.7. The lowest BCUT2D eigenvalue weighted by Crippen LogP contribution is -2.45. The maximum atomic E-state index is 12.8. The van der Waals surface area contributed by atoms with Gasteiger partial charge < -0.3 is 15.5 Å². The van der Waals surface area contributed by atoms with E-state index in [9.17, 15) is 9.59 Å². The predicted molar refractivity (Wildman–Crippen MR) is 99.9 cm³/mol. The van der Waals surface area contributed by atoms with Crippen molar-refractivity contribution in [3.63, 3.8) is 0 Å². The Bertz CT molecular complexity index is 609. The molecule has 0 aliphatic carbocycles. The standard InChI is InChI=1S/C19H31N5O2/c1-2-3-10-21-18(25)15-6-5-11-23(14-15)19(26)17-8-12-24(22-17)16-7-4-9-20-13-16/h8,12,15-16,20H,2-7,9-11,13-14H2,1H3,(H,21,25). The zero-order chi connectivity index (χ0) is 18.4. The van der Waals surface area contributed by atoms with Crippen molar-refractivity contribution >= 4 is 11.8 Å². The molecule has 2 fully saturated rings. The summed E-state index contributed by atoms with van der Waals surface area (Å²) in [7, 11) is 0. The van der Waals surface area contributed by atoms with Gasteiger partial charge in [-0.1, -0.05) is 13.3 Å². The van der Waals surface area contributed by atoms with E-state index in [1.54, 1.807) is 4.90 Å². The number of nitrogens with one attached hydrogen (secondary N) is 2. The molecule has 7 heteroatoms.